The number of benzene rings is 2. The maximum absolute atomic E-state index is 14.5. The van der Waals surface area contributed by atoms with Crippen molar-refractivity contribution in [1.29, 1.82) is 0 Å². The lowest BCUT2D eigenvalue weighted by molar-refractivity contribution is -0.164. The number of alkyl halides is 5. The Morgan fingerprint density at radius 1 is 1.12 bits per heavy atom. The van der Waals surface area contributed by atoms with E-state index >= 15 is 0 Å². The first-order valence-electron chi connectivity index (χ1n) is 16.0. The number of alkyl carbamates (subject to hydrolysis) is 1. The summed E-state index contributed by atoms with van der Waals surface area (Å²) in [5.41, 5.74) is 4.24. The first-order chi connectivity index (χ1) is 24.3. The summed E-state index contributed by atoms with van der Waals surface area (Å²) in [7, 11) is 1.56. The van der Waals surface area contributed by atoms with Gasteiger partial charge >= 0.3 is 12.3 Å². The minimum absolute atomic E-state index is 0.0424. The van der Waals surface area contributed by atoms with Crippen molar-refractivity contribution in [3.05, 3.63) is 87.2 Å². The Morgan fingerprint density at radius 2 is 1.83 bits per heavy atom. The van der Waals surface area contributed by atoms with Gasteiger partial charge in [-0.3, -0.25) is 19.5 Å². The molecule has 1 fully saturated rings. The Hall–Kier alpha value is -5.06. The quantitative estimate of drug-likeness (QED) is 0.107. The number of hydrogen-bond donors (Lipinski definition) is 2. The maximum atomic E-state index is 14.5. The van der Waals surface area contributed by atoms with E-state index in [1.54, 1.807) is 13.1 Å². The fourth-order valence-corrected chi connectivity index (χ4v) is 5.64. The first kappa shape index (κ1) is 38.2. The van der Waals surface area contributed by atoms with E-state index in [4.69, 9.17) is 22.1 Å². The van der Waals surface area contributed by atoms with Crippen molar-refractivity contribution in [2.75, 3.05) is 13.2 Å². The second-order valence-corrected chi connectivity index (χ2v) is 14.0. The molecule has 2 aromatic carbocycles. The van der Waals surface area contributed by atoms with Crippen LogP contribution in [-0.4, -0.2) is 67.1 Å². The maximum Gasteiger partial charge on any atom is 0.411 e. The van der Waals surface area contributed by atoms with Gasteiger partial charge in [-0.2, -0.15) is 18.3 Å². The number of aromatic nitrogens is 4. The predicted molar refractivity (Wildman–Crippen MR) is 182 cm³/mol. The Balaban J connectivity index is 1.63. The molecule has 3 N–H and O–H groups in total. The van der Waals surface area contributed by atoms with Gasteiger partial charge in [0, 0.05) is 25.2 Å². The van der Waals surface area contributed by atoms with Gasteiger partial charge in [0.2, 0.25) is 0 Å². The van der Waals surface area contributed by atoms with Gasteiger partial charge < -0.3 is 20.4 Å². The van der Waals surface area contributed by atoms with Gasteiger partial charge in [-0.1, -0.05) is 38.4 Å². The van der Waals surface area contributed by atoms with Crippen LogP contribution in [0, 0.1) is 5.41 Å². The average molecular weight is 751 g/mol. The number of carbonyl (C=O) groups excluding carboxylic acids is 2. The Kier molecular flexibility index (Phi) is 10.7. The van der Waals surface area contributed by atoms with E-state index in [0.29, 0.717) is 17.3 Å². The molecule has 0 saturated heterocycles. The van der Waals surface area contributed by atoms with Crippen molar-refractivity contribution in [3.63, 3.8) is 0 Å². The van der Waals surface area contributed by atoms with Crippen LogP contribution in [0.2, 0.25) is 5.02 Å². The van der Waals surface area contributed by atoms with E-state index in [1.807, 2.05) is 26.1 Å². The highest BCUT2D eigenvalue weighted by molar-refractivity contribution is 6.32. The Bertz CT molecular complexity index is 2070. The summed E-state index contributed by atoms with van der Waals surface area (Å²) in [4.78, 5) is 48.7. The van der Waals surface area contributed by atoms with Crippen LogP contribution in [0.4, 0.5) is 26.7 Å². The number of nitrogens with one attached hydrogen (secondary N) is 1. The number of aryl methyl sites for hydroxylation is 1. The SMILES string of the molecule is Cn1c(=O)ccc2cc(C(=O)N(C(N)=NCCC(C)(C)C)[C@H](COC(=O)NC3(C(F)(F)F)CC3)c3ccc(Cl)c(-n4ncnc4C(F)F)c3)ccc21. The third kappa shape index (κ3) is 8.19. The molecule has 52 heavy (non-hydrogen) atoms. The number of ether oxygens (including phenoxy) is 1. The lowest BCUT2D eigenvalue weighted by atomic mass is 9.92. The van der Waals surface area contributed by atoms with E-state index in [1.165, 1.54) is 47.0 Å². The molecule has 0 bridgehead atoms. The highest BCUT2D eigenvalue weighted by Gasteiger charge is 2.64. The Morgan fingerprint density at radius 3 is 2.46 bits per heavy atom. The standard InChI is InChI=1S/C34H36ClF5N8O4/c1-32(2,3)13-14-42-30(41)47(29(50)21-6-9-23-19(15-21)7-10-26(49)46(23)4)25(17-52-31(51)45-33(11-12-33)34(38,39)40)20-5-8-22(35)24(16-20)48-28(27(36)37)43-18-44-48/h5-10,15-16,18,25,27H,11-14,17H2,1-4H3,(H2,41,42)(H,45,51)/t25-/m1/s1. The summed E-state index contributed by atoms with van der Waals surface area (Å²) in [6.45, 7) is 5.31. The predicted octanol–water partition coefficient (Wildman–Crippen LogP) is 6.47. The van der Waals surface area contributed by atoms with Crippen LogP contribution in [-0.2, 0) is 11.8 Å². The third-order valence-electron chi connectivity index (χ3n) is 8.64. The number of halogens is 6. The van der Waals surface area contributed by atoms with Crippen molar-refractivity contribution in [3.8, 4) is 5.69 Å². The largest absolute Gasteiger partial charge is 0.447 e. The molecule has 5 rings (SSSR count). The molecular formula is C34H36ClF5N8O4. The highest BCUT2D eigenvalue weighted by Crippen LogP contribution is 2.49. The summed E-state index contributed by atoms with van der Waals surface area (Å²) in [5, 5.41) is 6.22. The number of rotatable bonds is 10. The lowest BCUT2D eigenvalue weighted by Gasteiger charge is -2.32. The van der Waals surface area contributed by atoms with Crippen molar-refractivity contribution >= 4 is 40.5 Å². The molecule has 2 heterocycles. The molecule has 12 nitrogen and oxygen atoms in total. The van der Waals surface area contributed by atoms with Crippen LogP contribution in [0.1, 0.15) is 74.2 Å². The van der Waals surface area contributed by atoms with Gasteiger partial charge in [-0.25, -0.2) is 23.2 Å². The number of pyridine rings is 1. The highest BCUT2D eigenvalue weighted by atomic mass is 35.5. The van der Waals surface area contributed by atoms with E-state index < -0.39 is 48.6 Å². The van der Waals surface area contributed by atoms with Crippen LogP contribution in [0.3, 0.4) is 0 Å². The zero-order valence-corrected chi connectivity index (χ0v) is 29.3. The molecule has 1 aliphatic rings. The van der Waals surface area contributed by atoms with E-state index in [2.05, 4.69) is 15.1 Å². The summed E-state index contributed by atoms with van der Waals surface area (Å²) in [5.74, 6) is -1.83. The molecule has 1 atom stereocenters. The number of guanidine groups is 1. The third-order valence-corrected chi connectivity index (χ3v) is 8.96. The lowest BCUT2D eigenvalue weighted by Crippen LogP contribution is -2.49. The van der Waals surface area contributed by atoms with Gasteiger partial charge in [-0.05, 0) is 72.0 Å². The van der Waals surface area contributed by atoms with Crippen LogP contribution in [0.15, 0.2) is 64.6 Å². The van der Waals surface area contributed by atoms with Gasteiger partial charge in [0.1, 0.15) is 18.5 Å². The van der Waals surface area contributed by atoms with Crippen LogP contribution in [0.25, 0.3) is 16.6 Å². The fraction of sp³-hybridized carbons (Fsp3) is 0.412. The molecule has 0 aliphatic heterocycles. The van der Waals surface area contributed by atoms with Crippen LogP contribution >= 0.6 is 11.6 Å². The molecule has 0 unspecified atom stereocenters. The fourth-order valence-electron chi connectivity index (χ4n) is 5.44. The second-order valence-electron chi connectivity index (χ2n) is 13.6. The van der Waals surface area contributed by atoms with Crippen LogP contribution in [0.5, 0.6) is 0 Å². The molecule has 0 radical (unpaired) electrons. The van der Waals surface area contributed by atoms with E-state index in [9.17, 15) is 36.3 Å². The molecule has 278 valence electrons. The summed E-state index contributed by atoms with van der Waals surface area (Å²) in [6.07, 6.45) is -8.44. The minimum atomic E-state index is -4.73. The van der Waals surface area contributed by atoms with Gasteiger partial charge in [0.05, 0.1) is 22.3 Å². The normalized spacial score (nSPS) is 15.1. The average Bonchev–Trinajstić information content (AvgIpc) is 3.69. The topological polar surface area (TPSA) is 150 Å². The number of nitrogens with two attached hydrogens (primary N) is 1. The van der Waals surface area contributed by atoms with Crippen molar-refractivity contribution in [2.24, 2.45) is 23.2 Å². The number of fused-ring (bicyclic) bond motifs is 1. The monoisotopic (exact) mass is 750 g/mol. The van der Waals surface area contributed by atoms with Gasteiger partial charge in [0.15, 0.2) is 11.8 Å². The molecule has 2 amide bonds. The molecule has 0 spiro atoms. The summed E-state index contributed by atoms with van der Waals surface area (Å²) < 4.78 is 76.2. The first-order valence-corrected chi connectivity index (χ1v) is 16.4. The summed E-state index contributed by atoms with van der Waals surface area (Å²) >= 11 is 6.42. The van der Waals surface area contributed by atoms with Gasteiger partial charge in [-0.15, -0.1) is 0 Å². The second kappa shape index (κ2) is 14.5. The minimum Gasteiger partial charge on any atom is -0.447 e. The number of amides is 2. The van der Waals surface area contributed by atoms with Crippen molar-refractivity contribution < 1.29 is 36.3 Å². The number of nitrogens with zero attached hydrogens (tertiary/aromatic N) is 6. The zero-order valence-electron chi connectivity index (χ0n) is 28.5. The molecule has 18 heteroatoms. The number of carbonyl (C=O) groups is 2. The van der Waals surface area contributed by atoms with E-state index in [0.717, 1.165) is 15.9 Å². The van der Waals surface area contributed by atoms with Crippen LogP contribution < -0.4 is 16.6 Å². The molecule has 2 aromatic heterocycles. The van der Waals surface area contributed by atoms with Gasteiger partial charge in [0.25, 0.3) is 17.9 Å². The van der Waals surface area contributed by atoms with Crippen molar-refractivity contribution in [2.45, 2.75) is 64.2 Å². The molecule has 1 saturated carbocycles. The van der Waals surface area contributed by atoms with E-state index in [-0.39, 0.29) is 58.2 Å². The van der Waals surface area contributed by atoms with Crippen molar-refractivity contribution in [1.82, 2.24) is 29.5 Å². The number of hydrogen-bond acceptors (Lipinski definition) is 7. The molecular weight excluding hydrogens is 715 g/mol. The Labute approximate surface area is 299 Å². The zero-order chi connectivity index (χ0) is 38.2. The molecule has 4 aromatic rings. The summed E-state index contributed by atoms with van der Waals surface area (Å²) in [6, 6.07) is 10.00. The molecule has 1 aliphatic carbocycles. The number of aliphatic imine (C=N–C) groups is 1. The smallest absolute Gasteiger partial charge is 0.411 e.